The second-order valence-corrected chi connectivity index (χ2v) is 13.8. The van der Waals surface area contributed by atoms with E-state index >= 15 is 0 Å². The molecule has 0 heterocycles. The molecule has 3 rings (SSSR count). The topological polar surface area (TPSA) is 3.24 Å². The SMILES string of the molecule is C=CCCCC1CC(B(C2CCCC2)N(C(C)C)C(C)C)C2C=CC=CC12.[CH3-].[CH3-].[Cl][Zr+2][Cl]. The van der Waals surface area contributed by atoms with Crippen molar-refractivity contribution in [1.29, 1.82) is 0 Å². The summed E-state index contributed by atoms with van der Waals surface area (Å²) in [7, 11) is 9.87. The van der Waals surface area contributed by atoms with Gasteiger partial charge < -0.3 is 19.7 Å². The Morgan fingerprint density at radius 1 is 1.03 bits per heavy atom. The van der Waals surface area contributed by atoms with Gasteiger partial charge in [-0.25, -0.2) is 0 Å². The van der Waals surface area contributed by atoms with Crippen LogP contribution in [0.4, 0.5) is 0 Å². The van der Waals surface area contributed by atoms with Crippen LogP contribution in [0.15, 0.2) is 37.0 Å². The van der Waals surface area contributed by atoms with Crippen molar-refractivity contribution in [3.63, 3.8) is 0 Å². The Balaban J connectivity index is 0.00000182. The van der Waals surface area contributed by atoms with Crippen LogP contribution in [0.1, 0.15) is 79.1 Å². The number of hydrogen-bond acceptors (Lipinski definition) is 1. The molecule has 4 atom stereocenters. The van der Waals surface area contributed by atoms with Gasteiger partial charge in [0.15, 0.2) is 0 Å². The molecule has 1 nitrogen and oxygen atoms in total. The minimum atomic E-state index is -0.826. The van der Waals surface area contributed by atoms with Crippen molar-refractivity contribution in [1.82, 2.24) is 4.81 Å². The van der Waals surface area contributed by atoms with Gasteiger partial charge in [-0.1, -0.05) is 90.2 Å². The predicted octanol–water partition coefficient (Wildman–Crippen LogP) is 9.42. The number of rotatable bonds is 9. The number of halogens is 2. The summed E-state index contributed by atoms with van der Waals surface area (Å²) in [4.78, 5) is 2.90. The molecule has 0 aromatic carbocycles. The van der Waals surface area contributed by atoms with Crippen molar-refractivity contribution < 1.29 is 20.8 Å². The first-order valence-corrected chi connectivity index (χ1v) is 18.5. The van der Waals surface area contributed by atoms with Gasteiger partial charge in [0, 0.05) is 0 Å². The standard InChI is InChI=1S/C25H42BN.2CH3.2ClH.Zr/c1-6-7-8-13-21-18-25(24-17-12-11-16-23(21)24)26(22-14-9-10-15-22)27(19(2)3)20(4)5;;;;;/h6,11-12,16-17,19-25H,1,7-10,13-15,18H2,2-5H3;2*1H3;2*1H;/q;2*-1;;;+4/p-2. The van der Waals surface area contributed by atoms with E-state index in [4.69, 9.17) is 17.0 Å². The zero-order chi connectivity index (χ0) is 22.1. The summed E-state index contributed by atoms with van der Waals surface area (Å²) in [6.45, 7) is 14.4. The van der Waals surface area contributed by atoms with E-state index in [0.717, 1.165) is 36.2 Å². The number of fused-ring (bicyclic) bond motifs is 1. The normalized spacial score (nSPS) is 26.2. The molecule has 0 saturated heterocycles. The van der Waals surface area contributed by atoms with Crippen LogP contribution in [-0.4, -0.2) is 23.7 Å². The monoisotopic (exact) mass is 557 g/mol. The van der Waals surface area contributed by atoms with E-state index in [1.807, 2.05) is 0 Å². The zero-order valence-electron chi connectivity index (χ0n) is 21.6. The van der Waals surface area contributed by atoms with Crippen LogP contribution in [0.5, 0.6) is 0 Å². The number of unbranched alkanes of at least 4 members (excludes halogenated alkanes) is 1. The third-order valence-electron chi connectivity index (χ3n) is 7.68. The van der Waals surface area contributed by atoms with E-state index in [1.54, 1.807) is 0 Å². The Morgan fingerprint density at radius 2 is 1.56 bits per heavy atom. The molecule has 2 fully saturated rings. The summed E-state index contributed by atoms with van der Waals surface area (Å²) in [5.74, 6) is 4.14. The summed E-state index contributed by atoms with van der Waals surface area (Å²) < 4.78 is 0. The molecular weight excluding hydrogens is 511 g/mol. The molecule has 32 heavy (non-hydrogen) atoms. The van der Waals surface area contributed by atoms with Crippen LogP contribution >= 0.6 is 17.0 Å². The first-order valence-electron chi connectivity index (χ1n) is 12.2. The third kappa shape index (κ3) is 8.73. The van der Waals surface area contributed by atoms with Crippen molar-refractivity contribution in [3.8, 4) is 0 Å². The molecule has 4 unspecified atom stereocenters. The van der Waals surface area contributed by atoms with E-state index in [1.165, 1.54) is 51.4 Å². The Hall–Kier alpha value is 0.708. The van der Waals surface area contributed by atoms with Gasteiger partial charge in [-0.2, -0.15) is 0 Å². The number of hydrogen-bond donors (Lipinski definition) is 0. The van der Waals surface area contributed by atoms with Crippen molar-refractivity contribution >= 4 is 23.9 Å². The average Bonchev–Trinajstić information content (AvgIpc) is 3.35. The molecule has 3 aliphatic carbocycles. The van der Waals surface area contributed by atoms with Gasteiger partial charge in [0.25, 0.3) is 0 Å². The molecule has 2 saturated carbocycles. The molecule has 0 N–H and O–H groups in total. The summed E-state index contributed by atoms with van der Waals surface area (Å²) in [5, 5.41) is 0. The van der Waals surface area contributed by atoms with Crippen LogP contribution < -0.4 is 0 Å². The fraction of sp³-hybridized carbons (Fsp3) is 0.704. The first-order chi connectivity index (χ1) is 14.5. The van der Waals surface area contributed by atoms with Crippen LogP contribution in [0.25, 0.3) is 0 Å². The van der Waals surface area contributed by atoms with E-state index < -0.39 is 20.8 Å². The molecule has 0 amide bonds. The van der Waals surface area contributed by atoms with E-state index in [-0.39, 0.29) is 14.9 Å². The summed E-state index contributed by atoms with van der Waals surface area (Å²) in [6, 6.07) is 1.27. The average molecular weight is 560 g/mol. The van der Waals surface area contributed by atoms with Crippen LogP contribution in [0, 0.1) is 32.6 Å². The second kappa shape index (κ2) is 17.2. The van der Waals surface area contributed by atoms with E-state index in [0.29, 0.717) is 12.1 Å². The summed E-state index contributed by atoms with van der Waals surface area (Å²) in [6.07, 6.45) is 23.0. The van der Waals surface area contributed by atoms with Gasteiger partial charge in [-0.05, 0) is 60.7 Å². The van der Waals surface area contributed by atoms with Gasteiger partial charge in [0.05, 0.1) is 0 Å². The van der Waals surface area contributed by atoms with Gasteiger partial charge in [0.1, 0.15) is 0 Å². The minimum absolute atomic E-state index is 0. The van der Waals surface area contributed by atoms with Crippen molar-refractivity contribution in [2.24, 2.45) is 17.8 Å². The first kappa shape index (κ1) is 32.7. The molecule has 5 heteroatoms. The van der Waals surface area contributed by atoms with Gasteiger partial charge in [0.2, 0.25) is 6.85 Å². The fourth-order valence-corrected chi connectivity index (χ4v) is 6.80. The van der Waals surface area contributed by atoms with Gasteiger partial charge in [-0.3, -0.25) is 0 Å². The fourth-order valence-electron chi connectivity index (χ4n) is 6.80. The van der Waals surface area contributed by atoms with E-state index in [2.05, 4.69) is 69.5 Å². The zero-order valence-corrected chi connectivity index (χ0v) is 25.5. The van der Waals surface area contributed by atoms with Crippen LogP contribution in [0.3, 0.4) is 0 Å². The van der Waals surface area contributed by atoms with E-state index in [9.17, 15) is 0 Å². The Labute approximate surface area is 220 Å². The predicted molar refractivity (Wildman–Crippen MR) is 146 cm³/mol. The molecule has 182 valence electrons. The molecular formula is C27H48BCl2NZr. The van der Waals surface area contributed by atoms with Crippen LogP contribution in [-0.2, 0) is 20.8 Å². The van der Waals surface area contributed by atoms with Crippen molar-refractivity contribution in [3.05, 3.63) is 51.8 Å². The molecule has 0 aromatic heterocycles. The number of allylic oxidation sites excluding steroid dienone is 5. The summed E-state index contributed by atoms with van der Waals surface area (Å²) in [5.41, 5.74) is 0. The maximum absolute atomic E-state index is 4.93. The molecule has 0 aromatic rings. The molecule has 0 spiro atoms. The van der Waals surface area contributed by atoms with Crippen LogP contribution in [0.2, 0.25) is 11.6 Å². The third-order valence-corrected chi connectivity index (χ3v) is 7.68. The van der Waals surface area contributed by atoms with Crippen molar-refractivity contribution in [2.75, 3.05) is 0 Å². The molecule has 0 radical (unpaired) electrons. The Bertz CT molecular complexity index is 552. The Morgan fingerprint density at radius 3 is 2.06 bits per heavy atom. The second-order valence-electron chi connectivity index (χ2n) is 10.0. The maximum atomic E-state index is 4.93. The number of nitrogens with zero attached hydrogens (tertiary/aromatic N) is 1. The van der Waals surface area contributed by atoms with Gasteiger partial charge >= 0.3 is 37.9 Å². The van der Waals surface area contributed by atoms with Crippen molar-refractivity contribution in [2.45, 2.75) is 103 Å². The van der Waals surface area contributed by atoms with Gasteiger partial charge in [-0.15, -0.1) is 6.58 Å². The quantitative estimate of drug-likeness (QED) is 0.118. The summed E-state index contributed by atoms with van der Waals surface area (Å²) >= 11 is -0.826. The Kier molecular flexibility index (Phi) is 17.6. The molecule has 3 aliphatic rings. The molecule has 0 aliphatic heterocycles. The molecule has 0 bridgehead atoms.